The lowest BCUT2D eigenvalue weighted by Gasteiger charge is -2.38. The van der Waals surface area contributed by atoms with Crippen LogP contribution in [0.3, 0.4) is 0 Å². The van der Waals surface area contributed by atoms with Crippen molar-refractivity contribution in [3.8, 4) is 0 Å². The topological polar surface area (TPSA) is 90.9 Å². The molecular formula is C17H26NO6P. The molecule has 1 rings (SSSR count). The molecule has 0 aliphatic heterocycles. The van der Waals surface area contributed by atoms with Crippen molar-refractivity contribution in [2.45, 2.75) is 45.4 Å². The Kier molecular flexibility index (Phi) is 8.66. The van der Waals surface area contributed by atoms with Gasteiger partial charge in [0, 0.05) is 0 Å². The van der Waals surface area contributed by atoms with Gasteiger partial charge >= 0.3 is 12.1 Å². The second-order valence-corrected chi connectivity index (χ2v) is 6.24. The number of esters is 1. The number of methoxy groups -OCH3 is 1. The molecule has 8 heteroatoms. The summed E-state index contributed by atoms with van der Waals surface area (Å²) < 4.78 is 26.5. The predicted octanol–water partition coefficient (Wildman–Crippen LogP) is 2.95. The number of carbonyl (C=O) groups excluding carboxylic acids is 2. The average Bonchev–Trinajstić information content (AvgIpc) is 2.61. The Morgan fingerprint density at radius 1 is 1.28 bits per heavy atom. The fourth-order valence-electron chi connectivity index (χ4n) is 2.62. The maximum absolute atomic E-state index is 12.1. The van der Waals surface area contributed by atoms with E-state index in [-0.39, 0.29) is 6.61 Å². The van der Waals surface area contributed by atoms with Gasteiger partial charge in [-0.3, -0.25) is 9.36 Å². The molecule has 4 atom stereocenters. The minimum atomic E-state index is -1.57. The van der Waals surface area contributed by atoms with E-state index in [0.717, 1.165) is 5.56 Å². The zero-order valence-electron chi connectivity index (χ0n) is 15.0. The number of alkyl carbamates (subject to hydrolysis) is 1. The molecule has 1 aromatic rings. The quantitative estimate of drug-likeness (QED) is 0.530. The van der Waals surface area contributed by atoms with Gasteiger partial charge in [-0.25, -0.2) is 4.79 Å². The van der Waals surface area contributed by atoms with Crippen molar-refractivity contribution < 1.29 is 28.2 Å². The molecule has 1 amide bonds. The first kappa shape index (κ1) is 21.2. The molecule has 0 saturated heterocycles. The van der Waals surface area contributed by atoms with Crippen LogP contribution in [0.1, 0.15) is 32.8 Å². The number of rotatable bonds is 9. The Bertz CT molecular complexity index is 582. The van der Waals surface area contributed by atoms with Gasteiger partial charge in [-0.2, -0.15) is 0 Å². The van der Waals surface area contributed by atoms with E-state index in [9.17, 15) is 14.2 Å². The van der Waals surface area contributed by atoms with Crippen LogP contribution in [0.4, 0.5) is 4.79 Å². The molecule has 0 bridgehead atoms. The Morgan fingerprint density at radius 3 is 2.44 bits per heavy atom. The summed E-state index contributed by atoms with van der Waals surface area (Å²) in [7, 11) is -0.293. The average molecular weight is 371 g/mol. The summed E-state index contributed by atoms with van der Waals surface area (Å²) in [5.74, 6) is -1.16. The van der Waals surface area contributed by atoms with Crippen molar-refractivity contribution in [3.05, 3.63) is 35.9 Å². The lowest BCUT2D eigenvalue weighted by molar-refractivity contribution is -0.154. The molecule has 0 fully saturated rings. The highest BCUT2D eigenvalue weighted by atomic mass is 31.1. The third-order valence-corrected chi connectivity index (χ3v) is 4.90. The van der Waals surface area contributed by atoms with Crippen LogP contribution < -0.4 is 5.32 Å². The summed E-state index contributed by atoms with van der Waals surface area (Å²) in [6.07, 6.45) is -0.236. The van der Waals surface area contributed by atoms with E-state index in [1.54, 1.807) is 20.8 Å². The lowest BCUT2D eigenvalue weighted by Crippen LogP contribution is -2.56. The molecule has 0 saturated carbocycles. The van der Waals surface area contributed by atoms with Crippen LogP contribution in [0.5, 0.6) is 0 Å². The van der Waals surface area contributed by atoms with Crippen LogP contribution in [0.2, 0.25) is 0 Å². The maximum Gasteiger partial charge on any atom is 0.407 e. The number of ether oxygens (including phenoxy) is 2. The zero-order valence-corrected chi connectivity index (χ0v) is 16.1. The van der Waals surface area contributed by atoms with E-state index in [1.165, 1.54) is 7.11 Å². The SMILES string of the molecule is CCC(C(=O)OC)C(C)(O[PH2]=O)C(C)NC(=O)OCc1ccccc1. The van der Waals surface area contributed by atoms with Gasteiger partial charge in [-0.15, -0.1) is 0 Å². The number of carbonyl (C=O) groups is 2. The molecule has 1 aromatic carbocycles. The Morgan fingerprint density at radius 2 is 1.92 bits per heavy atom. The van der Waals surface area contributed by atoms with Crippen molar-refractivity contribution in [1.29, 1.82) is 0 Å². The molecule has 0 aromatic heterocycles. The van der Waals surface area contributed by atoms with Gasteiger partial charge in [-0.05, 0) is 25.8 Å². The Hall–Kier alpha value is -1.85. The summed E-state index contributed by atoms with van der Waals surface area (Å²) in [5, 5.41) is 2.65. The lowest BCUT2D eigenvalue weighted by atomic mass is 9.81. The summed E-state index contributed by atoms with van der Waals surface area (Å²) in [6.45, 7) is 5.22. The smallest absolute Gasteiger partial charge is 0.407 e. The normalized spacial score (nSPS) is 16.0. The Labute approximate surface area is 149 Å². The highest BCUT2D eigenvalue weighted by Crippen LogP contribution is 2.33. The Balaban J connectivity index is 2.77. The van der Waals surface area contributed by atoms with Crippen molar-refractivity contribution in [3.63, 3.8) is 0 Å². The van der Waals surface area contributed by atoms with Crippen molar-refractivity contribution in [1.82, 2.24) is 5.32 Å². The second-order valence-electron chi connectivity index (χ2n) is 5.81. The van der Waals surface area contributed by atoms with Crippen LogP contribution in [-0.2, 0) is 30.0 Å². The van der Waals surface area contributed by atoms with E-state index in [1.807, 2.05) is 30.3 Å². The largest absolute Gasteiger partial charge is 0.469 e. The van der Waals surface area contributed by atoms with Gasteiger partial charge in [0.2, 0.25) is 0 Å². The number of benzene rings is 1. The van der Waals surface area contributed by atoms with Crippen LogP contribution in [-0.4, -0.2) is 30.8 Å². The third kappa shape index (κ3) is 5.87. The molecule has 7 nitrogen and oxygen atoms in total. The third-order valence-electron chi connectivity index (χ3n) is 4.29. The van der Waals surface area contributed by atoms with Crippen LogP contribution in [0.25, 0.3) is 0 Å². The van der Waals surface area contributed by atoms with Gasteiger partial charge < -0.3 is 19.3 Å². The van der Waals surface area contributed by atoms with Gasteiger partial charge in [0.25, 0.3) is 0 Å². The van der Waals surface area contributed by atoms with Crippen molar-refractivity contribution >= 4 is 20.7 Å². The molecule has 0 radical (unpaired) electrons. The summed E-state index contributed by atoms with van der Waals surface area (Å²) in [6, 6.07) is 8.63. The van der Waals surface area contributed by atoms with E-state index in [0.29, 0.717) is 6.42 Å². The molecule has 0 aliphatic rings. The van der Waals surface area contributed by atoms with E-state index in [2.05, 4.69) is 5.32 Å². The van der Waals surface area contributed by atoms with Crippen molar-refractivity contribution in [2.75, 3.05) is 7.11 Å². The molecule has 0 heterocycles. The predicted molar refractivity (Wildman–Crippen MR) is 94.9 cm³/mol. The maximum atomic E-state index is 12.1. The molecule has 140 valence electrons. The first-order valence-electron chi connectivity index (χ1n) is 8.05. The summed E-state index contributed by atoms with van der Waals surface area (Å²) >= 11 is 0. The standard InChI is InChI=1S/C17H26NO6P/c1-5-14(15(19)22-4)17(3,24-25-21)12(2)18-16(20)23-11-13-9-7-6-8-10-13/h6-10,12,14H,5,11,25H2,1-4H3,(H,18,20). The van der Waals surface area contributed by atoms with Crippen LogP contribution >= 0.6 is 8.69 Å². The molecule has 0 spiro atoms. The van der Waals surface area contributed by atoms with Gasteiger partial charge in [0.15, 0.2) is 8.69 Å². The molecule has 25 heavy (non-hydrogen) atoms. The second kappa shape index (κ2) is 10.2. The van der Waals surface area contributed by atoms with E-state index >= 15 is 0 Å². The molecule has 4 unspecified atom stereocenters. The number of nitrogens with one attached hydrogen (secondary N) is 1. The minimum absolute atomic E-state index is 0.123. The van der Waals surface area contributed by atoms with E-state index < -0.39 is 38.3 Å². The summed E-state index contributed by atoms with van der Waals surface area (Å²) in [5.41, 5.74) is -0.320. The highest BCUT2D eigenvalue weighted by molar-refractivity contribution is 7.17. The molecular weight excluding hydrogens is 345 g/mol. The first-order valence-corrected chi connectivity index (χ1v) is 8.99. The number of amides is 1. The minimum Gasteiger partial charge on any atom is -0.469 e. The van der Waals surface area contributed by atoms with E-state index in [4.69, 9.17) is 14.0 Å². The monoisotopic (exact) mass is 371 g/mol. The van der Waals surface area contributed by atoms with Crippen molar-refractivity contribution in [2.24, 2.45) is 5.92 Å². The zero-order chi connectivity index (χ0) is 18.9. The molecule has 0 aliphatic carbocycles. The van der Waals surface area contributed by atoms with Gasteiger partial charge in [0.1, 0.15) is 12.2 Å². The first-order chi connectivity index (χ1) is 11.9. The molecule has 1 N–H and O–H groups in total. The number of hydrogen-bond acceptors (Lipinski definition) is 6. The highest BCUT2D eigenvalue weighted by Gasteiger charge is 2.45. The fourth-order valence-corrected chi connectivity index (χ4v) is 3.20. The summed E-state index contributed by atoms with van der Waals surface area (Å²) in [4.78, 5) is 24.1. The number of hydrogen-bond donors (Lipinski definition) is 1. The van der Waals surface area contributed by atoms with Crippen LogP contribution in [0, 0.1) is 5.92 Å². The van der Waals surface area contributed by atoms with Gasteiger partial charge in [-0.1, -0.05) is 37.3 Å². The van der Waals surface area contributed by atoms with Crippen LogP contribution in [0.15, 0.2) is 30.3 Å². The van der Waals surface area contributed by atoms with Gasteiger partial charge in [0.05, 0.1) is 19.1 Å². The fraction of sp³-hybridized carbons (Fsp3) is 0.529.